The van der Waals surface area contributed by atoms with Crippen LogP contribution in [0.3, 0.4) is 0 Å². The standard InChI is InChI=1S/C57H35N3O/c1-2-14-38-34-45(31-26-36(38)12-1)56-58-55(59-57(60-56)50-20-6-5-19-49(50)48-23-10-15-37-13-3-4-18-46(37)48)44-17-9-16-39(35-44)40-27-28-42-33-43(30-29-41(42)32-40)47-22-11-25-53-54(47)51-21-7-8-24-52(51)61-53/h1-35H/i3D,4D,10D,13D,15D,18D,23D. The molecule has 0 amide bonds. The number of para-hydroxylation sites is 1. The zero-order valence-corrected chi connectivity index (χ0v) is 32.4. The topological polar surface area (TPSA) is 51.8 Å². The van der Waals surface area contributed by atoms with E-state index in [9.17, 15) is 1.37 Å². The molecule has 0 radical (unpaired) electrons. The van der Waals surface area contributed by atoms with E-state index in [0.29, 0.717) is 22.8 Å². The Hall–Kier alpha value is -8.21. The van der Waals surface area contributed by atoms with Crippen LogP contribution in [0.25, 0.3) is 122 Å². The lowest BCUT2D eigenvalue weighted by atomic mass is 9.94. The highest BCUT2D eigenvalue weighted by atomic mass is 16.3. The number of rotatable bonds is 6. The molecule has 0 fully saturated rings. The van der Waals surface area contributed by atoms with Crippen LogP contribution in [-0.2, 0) is 0 Å². The summed E-state index contributed by atoms with van der Waals surface area (Å²) >= 11 is 0. The number of benzene rings is 10. The van der Waals surface area contributed by atoms with Crippen molar-refractivity contribution in [1.82, 2.24) is 15.0 Å². The molecule has 2 aromatic heterocycles. The summed E-state index contributed by atoms with van der Waals surface area (Å²) in [5.74, 6) is 1.05. The number of nitrogens with zero attached hydrogens (tertiary/aromatic N) is 3. The van der Waals surface area contributed by atoms with Crippen molar-refractivity contribution >= 4 is 54.3 Å². The van der Waals surface area contributed by atoms with E-state index in [1.165, 1.54) is 0 Å². The third kappa shape index (κ3) is 6.12. The summed E-state index contributed by atoms with van der Waals surface area (Å²) in [5.41, 5.74) is 8.31. The Balaban J connectivity index is 0.999. The molecule has 0 saturated carbocycles. The van der Waals surface area contributed by atoms with Gasteiger partial charge in [0.1, 0.15) is 11.2 Å². The van der Waals surface area contributed by atoms with Crippen LogP contribution in [0.5, 0.6) is 0 Å². The number of hydrogen-bond donors (Lipinski definition) is 0. The minimum absolute atomic E-state index is 0.0123. The van der Waals surface area contributed by atoms with Gasteiger partial charge < -0.3 is 4.42 Å². The van der Waals surface area contributed by atoms with Crippen molar-refractivity contribution in [3.05, 3.63) is 212 Å². The van der Waals surface area contributed by atoms with Gasteiger partial charge in [0.15, 0.2) is 17.5 Å². The van der Waals surface area contributed by atoms with Gasteiger partial charge in [-0.1, -0.05) is 176 Å². The van der Waals surface area contributed by atoms with Gasteiger partial charge >= 0.3 is 0 Å². The first kappa shape index (κ1) is 28.3. The number of aromatic nitrogens is 3. The Bertz CT molecular complexity index is 4080. The molecule has 0 spiro atoms. The normalized spacial score (nSPS) is 13.2. The number of fused-ring (bicyclic) bond motifs is 6. The summed E-state index contributed by atoms with van der Waals surface area (Å²) in [6.07, 6.45) is 0. The third-order valence-electron chi connectivity index (χ3n) is 11.4. The molecule has 61 heavy (non-hydrogen) atoms. The lowest BCUT2D eigenvalue weighted by Gasteiger charge is -2.14. The van der Waals surface area contributed by atoms with E-state index in [0.717, 1.165) is 76.9 Å². The maximum atomic E-state index is 9.17. The minimum Gasteiger partial charge on any atom is -0.456 e. The second-order valence-electron chi connectivity index (χ2n) is 15.0. The van der Waals surface area contributed by atoms with Gasteiger partial charge in [-0.3, -0.25) is 0 Å². The molecule has 0 unspecified atom stereocenters. The fraction of sp³-hybridized carbons (Fsp3) is 0. The summed E-state index contributed by atoms with van der Waals surface area (Å²) in [4.78, 5) is 15.3. The van der Waals surface area contributed by atoms with Gasteiger partial charge in [0, 0.05) is 27.5 Å². The van der Waals surface area contributed by atoms with Gasteiger partial charge in [-0.25, -0.2) is 15.0 Å². The molecule has 0 atom stereocenters. The highest BCUT2D eigenvalue weighted by Crippen LogP contribution is 2.39. The third-order valence-corrected chi connectivity index (χ3v) is 11.4. The molecule has 284 valence electrons. The monoisotopic (exact) mass is 784 g/mol. The summed E-state index contributed by atoms with van der Waals surface area (Å²) in [5, 5.41) is 6.29. The van der Waals surface area contributed by atoms with Gasteiger partial charge in [0.25, 0.3) is 0 Å². The average Bonchev–Trinajstić information content (AvgIpc) is 3.77. The Kier molecular flexibility index (Phi) is 6.61. The van der Waals surface area contributed by atoms with E-state index in [2.05, 4.69) is 60.7 Å². The van der Waals surface area contributed by atoms with Gasteiger partial charge in [0.05, 0.1) is 9.60 Å². The molecule has 2 heterocycles. The zero-order chi connectivity index (χ0) is 46.4. The molecular formula is C57H35N3O. The van der Waals surface area contributed by atoms with E-state index in [1.54, 1.807) is 18.2 Å². The fourth-order valence-corrected chi connectivity index (χ4v) is 8.44. The van der Waals surface area contributed by atoms with Gasteiger partial charge in [-0.05, 0) is 102 Å². The van der Waals surface area contributed by atoms with Gasteiger partial charge in [0.2, 0.25) is 0 Å². The number of hydrogen-bond acceptors (Lipinski definition) is 4. The van der Waals surface area contributed by atoms with Crippen molar-refractivity contribution in [2.24, 2.45) is 0 Å². The molecule has 12 aromatic rings. The molecule has 0 aliphatic heterocycles. The van der Waals surface area contributed by atoms with Crippen molar-refractivity contribution in [3.8, 4) is 67.5 Å². The van der Waals surface area contributed by atoms with Gasteiger partial charge in [-0.15, -0.1) is 0 Å². The molecule has 4 nitrogen and oxygen atoms in total. The van der Waals surface area contributed by atoms with E-state index < -0.39 is 36.3 Å². The summed E-state index contributed by atoms with van der Waals surface area (Å²) < 4.78 is 67.5. The van der Waals surface area contributed by atoms with Crippen LogP contribution in [0.1, 0.15) is 9.60 Å². The maximum Gasteiger partial charge on any atom is 0.164 e. The van der Waals surface area contributed by atoms with Crippen LogP contribution >= 0.6 is 0 Å². The van der Waals surface area contributed by atoms with Crippen LogP contribution in [-0.4, -0.2) is 15.0 Å². The molecular weight excluding hydrogens is 743 g/mol. The quantitative estimate of drug-likeness (QED) is 0.168. The van der Waals surface area contributed by atoms with Crippen LogP contribution in [0.15, 0.2) is 217 Å². The van der Waals surface area contributed by atoms with Crippen LogP contribution in [0.2, 0.25) is 0 Å². The fourth-order valence-electron chi connectivity index (χ4n) is 8.44. The zero-order valence-electron chi connectivity index (χ0n) is 39.4. The van der Waals surface area contributed by atoms with E-state index >= 15 is 0 Å². The summed E-state index contributed by atoms with van der Waals surface area (Å²) in [6, 6.07) is 53.4. The smallest absolute Gasteiger partial charge is 0.164 e. The molecule has 0 N–H and O–H groups in total. The van der Waals surface area contributed by atoms with Crippen molar-refractivity contribution < 1.29 is 14.0 Å². The first-order valence-electron chi connectivity index (χ1n) is 23.5. The maximum absolute atomic E-state index is 9.17. The number of furan rings is 1. The van der Waals surface area contributed by atoms with Crippen LogP contribution < -0.4 is 0 Å². The van der Waals surface area contributed by atoms with Crippen molar-refractivity contribution in [2.45, 2.75) is 0 Å². The molecule has 4 heteroatoms. The highest BCUT2D eigenvalue weighted by molar-refractivity contribution is 6.13. The van der Waals surface area contributed by atoms with E-state index in [4.69, 9.17) is 27.6 Å². The molecule has 0 saturated heterocycles. The molecule has 10 aromatic carbocycles. The molecule has 0 aliphatic rings. The van der Waals surface area contributed by atoms with Crippen LogP contribution in [0.4, 0.5) is 0 Å². The Labute approximate surface area is 361 Å². The average molecular weight is 785 g/mol. The summed E-state index contributed by atoms with van der Waals surface area (Å²) in [6.45, 7) is 0. The highest BCUT2D eigenvalue weighted by Gasteiger charge is 2.18. The molecule has 0 bridgehead atoms. The Morgan fingerprint density at radius 1 is 0.328 bits per heavy atom. The molecule has 12 rings (SSSR count). The van der Waals surface area contributed by atoms with Crippen LogP contribution in [0, 0.1) is 0 Å². The second-order valence-corrected chi connectivity index (χ2v) is 15.0. The minimum atomic E-state index is -0.511. The first-order chi connectivity index (χ1) is 33.1. The van der Waals surface area contributed by atoms with Crippen molar-refractivity contribution in [2.75, 3.05) is 0 Å². The van der Waals surface area contributed by atoms with Crippen molar-refractivity contribution in [3.63, 3.8) is 0 Å². The predicted molar refractivity (Wildman–Crippen MR) is 252 cm³/mol. The van der Waals surface area contributed by atoms with Crippen molar-refractivity contribution in [1.29, 1.82) is 0 Å². The SMILES string of the molecule is [2H]c1c([2H])c([2H])c2c(-c3ccccc3-c3nc(-c4cccc(-c5ccc6cc(-c7cccc8oc9ccccc9c78)ccc6c5)c4)nc(-c4ccc5ccccc5c4)n3)c([2H])c([2H])c([2H])c2c1[2H]. The Morgan fingerprint density at radius 3 is 1.80 bits per heavy atom. The Morgan fingerprint density at radius 2 is 0.902 bits per heavy atom. The molecule has 0 aliphatic carbocycles. The van der Waals surface area contributed by atoms with Gasteiger partial charge in [-0.2, -0.15) is 0 Å². The second kappa shape index (κ2) is 14.3. The predicted octanol–water partition coefficient (Wildman–Crippen LogP) is 15.2. The first-order valence-corrected chi connectivity index (χ1v) is 20.0. The van der Waals surface area contributed by atoms with E-state index in [-0.39, 0.29) is 28.2 Å². The van der Waals surface area contributed by atoms with E-state index in [1.807, 2.05) is 91.0 Å². The summed E-state index contributed by atoms with van der Waals surface area (Å²) in [7, 11) is 0. The lowest BCUT2D eigenvalue weighted by molar-refractivity contribution is 0.669. The largest absolute Gasteiger partial charge is 0.456 e. The lowest BCUT2D eigenvalue weighted by Crippen LogP contribution is -2.01.